The molecule has 142 valence electrons. The van der Waals surface area contributed by atoms with E-state index in [2.05, 4.69) is 10.2 Å². The predicted octanol–water partition coefficient (Wildman–Crippen LogP) is 3.43. The molecule has 0 unspecified atom stereocenters. The highest BCUT2D eigenvalue weighted by atomic mass is 16.2. The molecule has 0 saturated carbocycles. The van der Waals surface area contributed by atoms with Crippen molar-refractivity contribution in [2.24, 2.45) is 5.73 Å². The molecule has 3 N–H and O–H groups in total. The lowest BCUT2D eigenvalue weighted by atomic mass is 10.1. The third-order valence-corrected chi connectivity index (χ3v) is 4.33. The minimum Gasteiger partial charge on any atom is -0.366 e. The number of benzene rings is 3. The number of carbonyl (C=O) groups excluding carboxylic acids is 2. The molecule has 0 aliphatic heterocycles. The molecule has 3 aromatic rings. The smallest absolute Gasteiger partial charge is 0.250 e. The van der Waals surface area contributed by atoms with Crippen LogP contribution in [0, 0.1) is 0 Å². The molecule has 0 bridgehead atoms. The first kappa shape index (κ1) is 19.3. The Morgan fingerprint density at radius 3 is 1.79 bits per heavy atom. The molecule has 28 heavy (non-hydrogen) atoms. The highest BCUT2D eigenvalue weighted by molar-refractivity contribution is 6.03. The van der Waals surface area contributed by atoms with E-state index in [-0.39, 0.29) is 12.5 Å². The van der Waals surface area contributed by atoms with Crippen molar-refractivity contribution >= 4 is 17.5 Å². The third kappa shape index (κ3) is 5.53. The normalized spacial score (nSPS) is 10.6. The summed E-state index contributed by atoms with van der Waals surface area (Å²) in [5.41, 5.74) is 8.38. The van der Waals surface area contributed by atoms with E-state index in [1.165, 1.54) is 0 Å². The molecule has 0 fully saturated rings. The molecule has 3 rings (SSSR count). The predicted molar refractivity (Wildman–Crippen MR) is 111 cm³/mol. The van der Waals surface area contributed by atoms with Crippen LogP contribution in [0.25, 0.3) is 0 Å². The summed E-state index contributed by atoms with van der Waals surface area (Å²) in [6, 6.07) is 26.8. The van der Waals surface area contributed by atoms with Gasteiger partial charge in [0.05, 0.1) is 17.8 Å². The molecular formula is C23H23N3O2. The second-order valence-electron chi connectivity index (χ2n) is 6.57. The Hall–Kier alpha value is -3.44. The number of carbonyl (C=O) groups is 2. The average Bonchev–Trinajstić information content (AvgIpc) is 2.69. The van der Waals surface area contributed by atoms with Gasteiger partial charge in [-0.3, -0.25) is 14.5 Å². The van der Waals surface area contributed by atoms with Crippen LogP contribution in [0.4, 0.5) is 5.69 Å². The van der Waals surface area contributed by atoms with Gasteiger partial charge < -0.3 is 11.1 Å². The van der Waals surface area contributed by atoms with Crippen molar-refractivity contribution in [3.05, 3.63) is 102 Å². The maximum atomic E-state index is 12.7. The second kappa shape index (κ2) is 9.48. The van der Waals surface area contributed by atoms with Crippen molar-refractivity contribution in [3.63, 3.8) is 0 Å². The molecule has 5 nitrogen and oxygen atoms in total. The number of nitrogens with two attached hydrogens (primary N) is 1. The number of hydrogen-bond donors (Lipinski definition) is 2. The van der Waals surface area contributed by atoms with Crippen molar-refractivity contribution < 1.29 is 9.59 Å². The van der Waals surface area contributed by atoms with Crippen LogP contribution in [0.1, 0.15) is 21.5 Å². The molecule has 0 spiro atoms. The van der Waals surface area contributed by atoms with Gasteiger partial charge in [0.1, 0.15) is 0 Å². The van der Waals surface area contributed by atoms with Crippen LogP contribution in [0.2, 0.25) is 0 Å². The summed E-state index contributed by atoms with van der Waals surface area (Å²) >= 11 is 0. The Kier molecular flexibility index (Phi) is 6.54. The first-order valence-corrected chi connectivity index (χ1v) is 9.10. The minimum atomic E-state index is -0.568. The summed E-state index contributed by atoms with van der Waals surface area (Å²) in [5.74, 6) is -0.762. The summed E-state index contributed by atoms with van der Waals surface area (Å²) in [5, 5.41) is 2.81. The molecule has 0 heterocycles. The Labute approximate surface area is 164 Å². The van der Waals surface area contributed by atoms with Gasteiger partial charge in [0.2, 0.25) is 5.91 Å². The van der Waals surface area contributed by atoms with Crippen molar-refractivity contribution in [1.82, 2.24) is 4.90 Å². The molecule has 0 radical (unpaired) electrons. The van der Waals surface area contributed by atoms with Crippen LogP contribution < -0.4 is 11.1 Å². The number of amides is 2. The lowest BCUT2D eigenvalue weighted by Crippen LogP contribution is -2.33. The van der Waals surface area contributed by atoms with E-state index in [1.54, 1.807) is 24.3 Å². The van der Waals surface area contributed by atoms with Gasteiger partial charge in [-0.2, -0.15) is 0 Å². The monoisotopic (exact) mass is 373 g/mol. The van der Waals surface area contributed by atoms with Gasteiger partial charge in [-0.15, -0.1) is 0 Å². The number of nitrogens with one attached hydrogen (secondary N) is 1. The number of primary amides is 1. The Bertz CT molecular complexity index is 885. The van der Waals surface area contributed by atoms with E-state index in [4.69, 9.17) is 5.73 Å². The maximum absolute atomic E-state index is 12.7. The van der Waals surface area contributed by atoms with Gasteiger partial charge in [-0.25, -0.2) is 0 Å². The summed E-state index contributed by atoms with van der Waals surface area (Å²) in [4.78, 5) is 26.3. The zero-order valence-corrected chi connectivity index (χ0v) is 15.5. The van der Waals surface area contributed by atoms with E-state index in [1.807, 2.05) is 60.7 Å². The van der Waals surface area contributed by atoms with Crippen LogP contribution in [0.15, 0.2) is 84.9 Å². The number of hydrogen-bond acceptors (Lipinski definition) is 3. The van der Waals surface area contributed by atoms with Crippen molar-refractivity contribution in [3.8, 4) is 0 Å². The second-order valence-corrected chi connectivity index (χ2v) is 6.57. The maximum Gasteiger partial charge on any atom is 0.250 e. The number of anilines is 1. The number of rotatable bonds is 8. The Morgan fingerprint density at radius 1 is 0.750 bits per heavy atom. The van der Waals surface area contributed by atoms with Crippen molar-refractivity contribution in [2.45, 2.75) is 13.1 Å². The van der Waals surface area contributed by atoms with E-state index >= 15 is 0 Å². The molecule has 0 aliphatic rings. The highest BCUT2D eigenvalue weighted by Gasteiger charge is 2.15. The van der Waals surface area contributed by atoms with Gasteiger partial charge in [0.25, 0.3) is 5.91 Å². The van der Waals surface area contributed by atoms with Gasteiger partial charge >= 0.3 is 0 Å². The standard InChI is InChI=1S/C23H23N3O2/c24-23(28)20-13-7-8-14-21(20)25-22(27)17-26(15-18-9-3-1-4-10-18)16-19-11-5-2-6-12-19/h1-14H,15-17H2,(H2,24,28)(H,25,27). The Balaban J connectivity index is 1.73. The van der Waals surface area contributed by atoms with Crippen LogP contribution in [0.5, 0.6) is 0 Å². The summed E-state index contributed by atoms with van der Waals surface area (Å²) in [7, 11) is 0. The van der Waals surface area contributed by atoms with Crippen LogP contribution >= 0.6 is 0 Å². The number of para-hydroxylation sites is 1. The zero-order valence-electron chi connectivity index (χ0n) is 15.5. The fourth-order valence-electron chi connectivity index (χ4n) is 3.05. The van der Waals surface area contributed by atoms with Crippen molar-refractivity contribution in [1.29, 1.82) is 0 Å². The van der Waals surface area contributed by atoms with Crippen molar-refractivity contribution in [2.75, 3.05) is 11.9 Å². The lowest BCUT2D eigenvalue weighted by Gasteiger charge is -2.22. The largest absolute Gasteiger partial charge is 0.366 e. The number of nitrogens with zero attached hydrogens (tertiary/aromatic N) is 1. The lowest BCUT2D eigenvalue weighted by molar-refractivity contribution is -0.117. The highest BCUT2D eigenvalue weighted by Crippen LogP contribution is 2.15. The van der Waals surface area contributed by atoms with Crippen LogP contribution in [0.3, 0.4) is 0 Å². The Morgan fingerprint density at radius 2 is 1.25 bits per heavy atom. The summed E-state index contributed by atoms with van der Waals surface area (Å²) in [6.07, 6.45) is 0. The van der Waals surface area contributed by atoms with Gasteiger partial charge in [0.15, 0.2) is 0 Å². The molecule has 5 heteroatoms. The molecule has 2 amide bonds. The molecule has 3 aromatic carbocycles. The SMILES string of the molecule is NC(=O)c1ccccc1NC(=O)CN(Cc1ccccc1)Cc1ccccc1. The zero-order chi connectivity index (χ0) is 19.8. The van der Waals surface area contributed by atoms with E-state index in [0.29, 0.717) is 24.3 Å². The molecule has 0 saturated heterocycles. The fraction of sp³-hybridized carbons (Fsp3) is 0.130. The van der Waals surface area contributed by atoms with E-state index < -0.39 is 5.91 Å². The summed E-state index contributed by atoms with van der Waals surface area (Å²) in [6.45, 7) is 1.47. The van der Waals surface area contributed by atoms with Gasteiger partial charge in [-0.05, 0) is 23.3 Å². The third-order valence-electron chi connectivity index (χ3n) is 4.33. The van der Waals surface area contributed by atoms with E-state index in [0.717, 1.165) is 11.1 Å². The average molecular weight is 373 g/mol. The van der Waals surface area contributed by atoms with Crippen LogP contribution in [-0.2, 0) is 17.9 Å². The van der Waals surface area contributed by atoms with Crippen LogP contribution in [-0.4, -0.2) is 23.3 Å². The van der Waals surface area contributed by atoms with Gasteiger partial charge in [-0.1, -0.05) is 72.8 Å². The molecule has 0 atom stereocenters. The fourth-order valence-corrected chi connectivity index (χ4v) is 3.05. The molecule has 0 aliphatic carbocycles. The topological polar surface area (TPSA) is 75.4 Å². The van der Waals surface area contributed by atoms with E-state index in [9.17, 15) is 9.59 Å². The first-order valence-electron chi connectivity index (χ1n) is 9.10. The molecule has 0 aromatic heterocycles. The quantitative estimate of drug-likeness (QED) is 0.635. The summed E-state index contributed by atoms with van der Waals surface area (Å²) < 4.78 is 0. The first-order chi connectivity index (χ1) is 13.6. The molecular weight excluding hydrogens is 350 g/mol. The minimum absolute atomic E-state index is 0.191. The van der Waals surface area contributed by atoms with Gasteiger partial charge in [0, 0.05) is 13.1 Å².